The topological polar surface area (TPSA) is 67.4 Å². The Morgan fingerprint density at radius 2 is 1.09 bits per heavy atom. The van der Waals surface area contributed by atoms with Gasteiger partial charge in [0.1, 0.15) is 4.66 Å². The smallest absolute Gasteiger partial charge is 0.377 e. The minimum atomic E-state index is -3.11. The van der Waals surface area contributed by atoms with E-state index in [0.717, 1.165) is 19.5 Å². The molecule has 9 heteroatoms. The second kappa shape index (κ2) is 10.9. The molecule has 0 aliphatic rings. The van der Waals surface area contributed by atoms with E-state index in [1.807, 2.05) is 0 Å². The highest BCUT2D eigenvalue weighted by Crippen LogP contribution is 2.53. The van der Waals surface area contributed by atoms with Gasteiger partial charge in [-0.05, 0) is 32.4 Å². The van der Waals surface area contributed by atoms with Crippen LogP contribution in [0.2, 0.25) is 4.66 Å². The van der Waals surface area contributed by atoms with Crippen LogP contribution in [0.3, 0.4) is 0 Å². The Morgan fingerprint density at radius 3 is 1.35 bits per heavy atom. The lowest BCUT2D eigenvalue weighted by atomic mass is 10.2. The van der Waals surface area contributed by atoms with E-state index < -0.39 is 22.3 Å². The minimum Gasteiger partial charge on any atom is -0.377 e. The Balaban J connectivity index is 5.98. The van der Waals surface area contributed by atoms with Gasteiger partial charge in [-0.25, -0.2) is 0 Å². The Morgan fingerprint density at radius 1 is 0.696 bits per heavy atom. The molecule has 0 fully saturated rings. The average Bonchev–Trinajstić information content (AvgIpc) is 2.61. The number of hydrogen-bond acceptors (Lipinski definition) is 7. The lowest BCUT2D eigenvalue weighted by Gasteiger charge is -2.49. The van der Waals surface area contributed by atoms with Gasteiger partial charge in [-0.2, -0.15) is 0 Å². The zero-order chi connectivity index (χ0) is 18.0. The van der Waals surface area contributed by atoms with E-state index in [2.05, 4.69) is 19.2 Å². The fraction of sp³-hybridized carbons (Fsp3) is 1.00. The first kappa shape index (κ1) is 23.2. The summed E-state index contributed by atoms with van der Waals surface area (Å²) in [7, 11) is 3.47. The first-order valence-electron chi connectivity index (χ1n) is 8.00. The molecule has 0 bridgehead atoms. The predicted molar refractivity (Wildman–Crippen MR) is 94.3 cm³/mol. The highest BCUT2D eigenvalue weighted by Gasteiger charge is 2.74. The lowest BCUT2D eigenvalue weighted by Crippen LogP contribution is -2.69. The van der Waals surface area contributed by atoms with Crippen molar-refractivity contribution in [3.05, 3.63) is 0 Å². The minimum absolute atomic E-state index is 0.600. The molecule has 0 saturated carbocycles. The van der Waals surface area contributed by atoms with Crippen LogP contribution >= 0.6 is 0 Å². The summed E-state index contributed by atoms with van der Waals surface area (Å²) < 4.78 is 34.3. The number of rotatable bonds is 14. The summed E-state index contributed by atoms with van der Waals surface area (Å²) in [5.74, 6) is 0. The molecule has 1 N–H and O–H groups in total. The van der Waals surface area contributed by atoms with E-state index in [1.165, 1.54) is 0 Å². The third-order valence-electron chi connectivity index (χ3n) is 4.54. The van der Waals surface area contributed by atoms with Crippen molar-refractivity contribution >= 4 is 17.6 Å². The van der Waals surface area contributed by atoms with E-state index in [0.29, 0.717) is 12.8 Å². The summed E-state index contributed by atoms with van der Waals surface area (Å²) in [4.78, 5) is 0. The summed E-state index contributed by atoms with van der Waals surface area (Å²) in [6.45, 7) is 5.93. The molecule has 140 valence electrons. The fourth-order valence-electron chi connectivity index (χ4n) is 3.38. The van der Waals surface area contributed by atoms with E-state index >= 15 is 0 Å². The Kier molecular flexibility index (Phi) is 11.0. The second-order valence-corrected chi connectivity index (χ2v) is 12.4. The van der Waals surface area contributed by atoms with Crippen molar-refractivity contribution < 1.29 is 26.6 Å². The molecule has 0 saturated heterocycles. The van der Waals surface area contributed by atoms with Crippen molar-refractivity contribution in [2.45, 2.75) is 37.8 Å². The molecule has 23 heavy (non-hydrogen) atoms. The first-order valence-corrected chi connectivity index (χ1v) is 11.5. The molecule has 0 unspecified atom stereocenters. The number of hydrogen-bond donors (Lipinski definition) is 1. The molecule has 0 aromatic heterocycles. The molecular weight excluding hydrogens is 334 g/mol. The van der Waals surface area contributed by atoms with Crippen LogP contribution in [0.15, 0.2) is 0 Å². The van der Waals surface area contributed by atoms with Crippen molar-refractivity contribution in [2.75, 3.05) is 55.7 Å². The maximum absolute atomic E-state index is 5.82. The van der Waals surface area contributed by atoms with E-state index in [1.54, 1.807) is 42.7 Å². The highest BCUT2D eigenvalue weighted by molar-refractivity contribution is 6.85. The van der Waals surface area contributed by atoms with Crippen molar-refractivity contribution in [2.24, 2.45) is 0 Å². The second-order valence-electron chi connectivity index (χ2n) is 5.27. The standard InChI is InChI=1S/C14H35NO6Si2/c1-9-12-15-13-11-14(10-2,22(16-3,17-4)18-5)23(19-6,20-7)21-8/h15H,9-13H2,1-8H3. The van der Waals surface area contributed by atoms with Crippen LogP contribution in [0.25, 0.3) is 0 Å². The van der Waals surface area contributed by atoms with Crippen LogP contribution in [0, 0.1) is 0 Å². The van der Waals surface area contributed by atoms with Crippen molar-refractivity contribution in [1.82, 2.24) is 5.32 Å². The van der Waals surface area contributed by atoms with Crippen LogP contribution < -0.4 is 5.32 Å². The van der Waals surface area contributed by atoms with Gasteiger partial charge in [-0.1, -0.05) is 13.8 Å². The van der Waals surface area contributed by atoms with Gasteiger partial charge in [0.05, 0.1) is 0 Å². The third-order valence-corrected chi connectivity index (χ3v) is 13.2. The number of nitrogens with one attached hydrogen (secondary N) is 1. The van der Waals surface area contributed by atoms with Gasteiger partial charge in [0, 0.05) is 42.7 Å². The average molecular weight is 370 g/mol. The van der Waals surface area contributed by atoms with Crippen LogP contribution in [-0.4, -0.2) is 73.4 Å². The molecule has 0 aromatic rings. The molecule has 0 aliphatic heterocycles. The monoisotopic (exact) mass is 369 g/mol. The molecule has 0 amide bonds. The maximum Gasteiger partial charge on any atom is 0.511 e. The van der Waals surface area contributed by atoms with Crippen LogP contribution in [0.5, 0.6) is 0 Å². The van der Waals surface area contributed by atoms with E-state index in [4.69, 9.17) is 26.6 Å². The zero-order valence-corrected chi connectivity index (χ0v) is 18.0. The maximum atomic E-state index is 5.82. The third kappa shape index (κ3) is 4.22. The summed E-state index contributed by atoms with van der Waals surface area (Å²) in [5, 5.41) is 3.42. The van der Waals surface area contributed by atoms with Crippen LogP contribution in [0.1, 0.15) is 33.1 Å². The van der Waals surface area contributed by atoms with Gasteiger partial charge in [-0.15, -0.1) is 0 Å². The summed E-state index contributed by atoms with van der Waals surface area (Å²) in [6.07, 6.45) is 2.49. The normalized spacial score (nSPS) is 13.6. The highest BCUT2D eigenvalue weighted by atomic mass is 28.5. The quantitative estimate of drug-likeness (QED) is 0.370. The Bertz CT molecular complexity index is 277. The largest absolute Gasteiger partial charge is 0.511 e. The zero-order valence-electron chi connectivity index (χ0n) is 16.0. The summed E-state index contributed by atoms with van der Waals surface area (Å²) >= 11 is 0. The molecule has 0 aromatic carbocycles. The predicted octanol–water partition coefficient (Wildman–Crippen LogP) is 1.82. The molecule has 0 radical (unpaired) electrons. The molecule has 0 rings (SSSR count). The van der Waals surface area contributed by atoms with Gasteiger partial charge in [0.2, 0.25) is 0 Å². The molecule has 0 heterocycles. The van der Waals surface area contributed by atoms with E-state index in [9.17, 15) is 0 Å². The molecule has 0 aliphatic carbocycles. The van der Waals surface area contributed by atoms with Gasteiger partial charge in [0.25, 0.3) is 0 Å². The van der Waals surface area contributed by atoms with Gasteiger partial charge < -0.3 is 31.9 Å². The van der Waals surface area contributed by atoms with Crippen molar-refractivity contribution in [1.29, 1.82) is 0 Å². The molecular formula is C14H35NO6Si2. The lowest BCUT2D eigenvalue weighted by molar-refractivity contribution is 0.0496. The first-order chi connectivity index (χ1) is 11.0. The summed E-state index contributed by atoms with van der Waals surface area (Å²) in [6, 6.07) is 0. The van der Waals surface area contributed by atoms with Crippen LogP contribution in [0.4, 0.5) is 0 Å². The van der Waals surface area contributed by atoms with Gasteiger partial charge in [0.15, 0.2) is 0 Å². The van der Waals surface area contributed by atoms with Crippen LogP contribution in [-0.2, 0) is 26.6 Å². The van der Waals surface area contributed by atoms with Gasteiger partial charge in [-0.3, -0.25) is 0 Å². The Hall–Kier alpha value is 0.154. The molecule has 0 spiro atoms. The fourth-order valence-corrected chi connectivity index (χ4v) is 11.8. The SMILES string of the molecule is CCCNCCC(CC)([Si](OC)(OC)OC)[Si](OC)(OC)OC. The Labute approximate surface area is 143 Å². The van der Waals surface area contributed by atoms with Crippen molar-refractivity contribution in [3.63, 3.8) is 0 Å². The van der Waals surface area contributed by atoms with Gasteiger partial charge >= 0.3 is 17.6 Å². The molecule has 0 atom stereocenters. The summed E-state index contributed by atoms with van der Waals surface area (Å²) in [5.41, 5.74) is 0. The molecule has 7 nitrogen and oxygen atoms in total. The van der Waals surface area contributed by atoms with Crippen molar-refractivity contribution in [3.8, 4) is 0 Å². The van der Waals surface area contributed by atoms with E-state index in [-0.39, 0.29) is 0 Å².